The zero-order valence-electron chi connectivity index (χ0n) is 17.8. The average molecular weight is 408 g/mol. The number of hydrogen-bond acceptors (Lipinski definition) is 3. The van der Waals surface area contributed by atoms with Crippen LogP contribution in [0.3, 0.4) is 0 Å². The predicted octanol–water partition coefficient (Wildman–Crippen LogP) is 3.27. The second-order valence-electron chi connectivity index (χ2n) is 7.81. The third kappa shape index (κ3) is 4.70. The van der Waals surface area contributed by atoms with E-state index < -0.39 is 5.69 Å². The second kappa shape index (κ2) is 9.57. The molecule has 158 valence electrons. The summed E-state index contributed by atoms with van der Waals surface area (Å²) in [6, 6.07) is 16.8. The topological polar surface area (TPSA) is 73.1 Å². The summed E-state index contributed by atoms with van der Waals surface area (Å²) in [6.45, 7) is 5.61. The van der Waals surface area contributed by atoms with E-state index in [1.807, 2.05) is 39.0 Å². The predicted molar refractivity (Wildman–Crippen MR) is 120 cm³/mol. The van der Waals surface area contributed by atoms with Crippen molar-refractivity contribution in [3.63, 3.8) is 0 Å². The van der Waals surface area contributed by atoms with Crippen LogP contribution in [0, 0.1) is 0 Å². The van der Waals surface area contributed by atoms with Crippen LogP contribution in [0.1, 0.15) is 45.2 Å². The molecule has 0 saturated heterocycles. The van der Waals surface area contributed by atoms with E-state index in [9.17, 15) is 14.4 Å². The summed E-state index contributed by atoms with van der Waals surface area (Å²) < 4.78 is 2.66. The first kappa shape index (κ1) is 21.6. The fourth-order valence-corrected chi connectivity index (χ4v) is 3.63. The van der Waals surface area contributed by atoms with Crippen LogP contribution in [0.25, 0.3) is 10.9 Å². The highest BCUT2D eigenvalue weighted by atomic mass is 16.2. The Balaban J connectivity index is 1.81. The maximum atomic E-state index is 13.1. The summed E-state index contributed by atoms with van der Waals surface area (Å²) in [5.41, 5.74) is 0.957. The Morgan fingerprint density at radius 3 is 2.37 bits per heavy atom. The summed E-state index contributed by atoms with van der Waals surface area (Å²) in [6.07, 6.45) is 2.32. The maximum Gasteiger partial charge on any atom is 0.332 e. The van der Waals surface area contributed by atoms with E-state index >= 15 is 0 Å². The minimum Gasteiger partial charge on any atom is -0.352 e. The lowest BCUT2D eigenvalue weighted by atomic mass is 10.1. The van der Waals surface area contributed by atoms with Gasteiger partial charge in [-0.2, -0.15) is 0 Å². The molecule has 30 heavy (non-hydrogen) atoms. The number of benzene rings is 2. The Morgan fingerprint density at radius 1 is 1.00 bits per heavy atom. The minimum absolute atomic E-state index is 0.0276. The van der Waals surface area contributed by atoms with Gasteiger partial charge in [0.2, 0.25) is 5.91 Å². The first-order chi connectivity index (χ1) is 14.4. The summed E-state index contributed by atoms with van der Waals surface area (Å²) in [4.78, 5) is 38.6. The number of carbonyl (C=O) groups is 1. The number of aryl methyl sites for hydroxylation is 1. The zero-order valence-corrected chi connectivity index (χ0v) is 17.8. The first-order valence-electron chi connectivity index (χ1n) is 10.5. The van der Waals surface area contributed by atoms with Crippen molar-refractivity contribution in [1.29, 1.82) is 0 Å². The Morgan fingerprint density at radius 2 is 1.67 bits per heavy atom. The van der Waals surface area contributed by atoms with Crippen LogP contribution in [0.2, 0.25) is 0 Å². The van der Waals surface area contributed by atoms with Gasteiger partial charge in [0.15, 0.2) is 0 Å². The molecule has 2 atom stereocenters. The molecule has 0 aliphatic heterocycles. The van der Waals surface area contributed by atoms with Gasteiger partial charge in [-0.05, 0) is 50.8 Å². The van der Waals surface area contributed by atoms with Gasteiger partial charge in [-0.25, -0.2) is 4.79 Å². The molecule has 1 aromatic heterocycles. The van der Waals surface area contributed by atoms with Crippen molar-refractivity contribution in [2.24, 2.45) is 0 Å². The van der Waals surface area contributed by atoms with E-state index in [1.54, 1.807) is 24.3 Å². The molecule has 0 aliphatic carbocycles. The summed E-state index contributed by atoms with van der Waals surface area (Å²) >= 11 is 0. The monoisotopic (exact) mass is 407 g/mol. The molecule has 3 rings (SSSR count). The number of rotatable bonds is 8. The Bertz CT molecular complexity index is 1130. The third-order valence-electron chi connectivity index (χ3n) is 5.53. The van der Waals surface area contributed by atoms with Crippen molar-refractivity contribution >= 4 is 16.8 Å². The second-order valence-corrected chi connectivity index (χ2v) is 7.81. The smallest absolute Gasteiger partial charge is 0.332 e. The van der Waals surface area contributed by atoms with Crippen molar-refractivity contribution in [3.8, 4) is 0 Å². The SMILES string of the molecule is CCC(C)n1c(=O)c2ccccc2n(CC(=O)NC(C)CCc2ccccc2)c1=O. The molecule has 2 unspecified atom stereocenters. The number of nitrogens with zero attached hydrogens (tertiary/aromatic N) is 2. The van der Waals surface area contributed by atoms with Crippen molar-refractivity contribution in [2.75, 3.05) is 0 Å². The first-order valence-corrected chi connectivity index (χ1v) is 10.5. The summed E-state index contributed by atoms with van der Waals surface area (Å²) in [5, 5.41) is 3.43. The average Bonchev–Trinajstić information content (AvgIpc) is 2.76. The van der Waals surface area contributed by atoms with E-state index in [1.165, 1.54) is 14.7 Å². The van der Waals surface area contributed by atoms with E-state index in [-0.39, 0.29) is 30.1 Å². The number of amides is 1. The van der Waals surface area contributed by atoms with Crippen molar-refractivity contribution in [1.82, 2.24) is 14.5 Å². The molecule has 0 aliphatic rings. The van der Waals surface area contributed by atoms with E-state index in [4.69, 9.17) is 0 Å². The van der Waals surface area contributed by atoms with Crippen LogP contribution < -0.4 is 16.6 Å². The van der Waals surface area contributed by atoms with Gasteiger partial charge >= 0.3 is 5.69 Å². The van der Waals surface area contributed by atoms with Crippen molar-refractivity contribution in [3.05, 3.63) is 81.0 Å². The quantitative estimate of drug-likeness (QED) is 0.623. The number of hydrogen-bond donors (Lipinski definition) is 1. The highest BCUT2D eigenvalue weighted by Gasteiger charge is 2.18. The minimum atomic E-state index is -0.444. The van der Waals surface area contributed by atoms with Crippen LogP contribution in [-0.4, -0.2) is 21.1 Å². The number of fused-ring (bicyclic) bond motifs is 1. The largest absolute Gasteiger partial charge is 0.352 e. The molecular formula is C24H29N3O3. The lowest BCUT2D eigenvalue weighted by molar-refractivity contribution is -0.122. The number of para-hydroxylation sites is 1. The molecule has 1 amide bonds. The van der Waals surface area contributed by atoms with E-state index in [0.717, 1.165) is 12.8 Å². The van der Waals surface area contributed by atoms with Gasteiger partial charge in [0.1, 0.15) is 6.54 Å². The van der Waals surface area contributed by atoms with Gasteiger partial charge < -0.3 is 5.32 Å². The van der Waals surface area contributed by atoms with E-state index in [2.05, 4.69) is 17.4 Å². The van der Waals surface area contributed by atoms with Crippen LogP contribution in [0.4, 0.5) is 0 Å². The highest BCUT2D eigenvalue weighted by molar-refractivity contribution is 5.81. The lowest BCUT2D eigenvalue weighted by Gasteiger charge is -2.19. The highest BCUT2D eigenvalue weighted by Crippen LogP contribution is 2.11. The Hall–Kier alpha value is -3.15. The molecule has 0 saturated carbocycles. The molecule has 1 heterocycles. The zero-order chi connectivity index (χ0) is 21.7. The molecular weight excluding hydrogens is 378 g/mol. The fourth-order valence-electron chi connectivity index (χ4n) is 3.63. The molecule has 0 spiro atoms. The standard InChI is InChI=1S/C24H29N3O3/c1-4-18(3)27-23(29)20-12-8-9-13-21(20)26(24(27)30)16-22(28)25-17(2)14-15-19-10-6-5-7-11-19/h5-13,17-18H,4,14-16H2,1-3H3,(H,25,28). The van der Waals surface area contributed by atoms with Crippen molar-refractivity contribution < 1.29 is 4.79 Å². The Kier molecular flexibility index (Phi) is 6.87. The van der Waals surface area contributed by atoms with Crippen molar-refractivity contribution in [2.45, 2.75) is 58.7 Å². The molecule has 6 nitrogen and oxygen atoms in total. The van der Waals surface area contributed by atoms with Crippen LogP contribution in [0.15, 0.2) is 64.2 Å². The van der Waals surface area contributed by atoms with Gasteiger partial charge in [0, 0.05) is 12.1 Å². The fraction of sp³-hybridized carbons (Fsp3) is 0.375. The van der Waals surface area contributed by atoms with Gasteiger partial charge in [-0.15, -0.1) is 0 Å². The van der Waals surface area contributed by atoms with Gasteiger partial charge in [-0.1, -0.05) is 49.4 Å². The van der Waals surface area contributed by atoms with Crippen LogP contribution in [0.5, 0.6) is 0 Å². The molecule has 0 radical (unpaired) electrons. The summed E-state index contributed by atoms with van der Waals surface area (Å²) in [5.74, 6) is -0.239. The van der Waals surface area contributed by atoms with Gasteiger partial charge in [-0.3, -0.25) is 18.7 Å². The normalized spacial score (nSPS) is 13.2. The lowest BCUT2D eigenvalue weighted by Crippen LogP contribution is -2.44. The number of nitrogens with one attached hydrogen (secondary N) is 1. The number of carbonyl (C=O) groups excluding carboxylic acids is 1. The van der Waals surface area contributed by atoms with Gasteiger partial charge in [0.05, 0.1) is 10.9 Å². The molecule has 0 bridgehead atoms. The molecule has 3 aromatic rings. The molecule has 6 heteroatoms. The van der Waals surface area contributed by atoms with Gasteiger partial charge in [0.25, 0.3) is 5.56 Å². The van der Waals surface area contributed by atoms with E-state index in [0.29, 0.717) is 17.3 Å². The maximum absolute atomic E-state index is 13.1. The van der Waals surface area contributed by atoms with Crippen LogP contribution in [-0.2, 0) is 17.8 Å². The third-order valence-corrected chi connectivity index (χ3v) is 5.53. The van der Waals surface area contributed by atoms with Crippen LogP contribution >= 0.6 is 0 Å². The number of aromatic nitrogens is 2. The molecule has 2 aromatic carbocycles. The summed E-state index contributed by atoms with van der Waals surface area (Å²) in [7, 11) is 0. The Labute approximate surface area is 176 Å². The molecule has 1 N–H and O–H groups in total. The molecule has 0 fully saturated rings.